The van der Waals surface area contributed by atoms with Gasteiger partial charge >= 0.3 is 12.0 Å². The van der Waals surface area contributed by atoms with Gasteiger partial charge in [-0.05, 0) is 55.8 Å². The summed E-state index contributed by atoms with van der Waals surface area (Å²) in [5, 5.41) is 2.13. The summed E-state index contributed by atoms with van der Waals surface area (Å²) < 4.78 is 6.64. The third kappa shape index (κ3) is 3.20. The molecule has 1 saturated heterocycles. The van der Waals surface area contributed by atoms with E-state index in [1.807, 2.05) is 24.5 Å². The second-order valence-corrected chi connectivity index (χ2v) is 6.38. The van der Waals surface area contributed by atoms with Crippen molar-refractivity contribution in [1.82, 2.24) is 14.8 Å². The molecule has 8 heteroatoms. The summed E-state index contributed by atoms with van der Waals surface area (Å²) in [5.41, 5.74) is 3.51. The second kappa shape index (κ2) is 7.15. The molecular formula is C20H19N3O5. The van der Waals surface area contributed by atoms with Gasteiger partial charge in [-0.3, -0.25) is 19.8 Å². The molecule has 1 aliphatic heterocycles. The topological polar surface area (TPSA) is 97.7 Å². The number of imide groups is 2. The molecule has 3 rings (SSSR count). The Labute approximate surface area is 161 Å². The first-order chi connectivity index (χ1) is 13.2. The van der Waals surface area contributed by atoms with Gasteiger partial charge in [0.1, 0.15) is 5.57 Å². The van der Waals surface area contributed by atoms with Crippen LogP contribution in [0.5, 0.6) is 0 Å². The van der Waals surface area contributed by atoms with Crippen LogP contribution in [-0.2, 0) is 14.3 Å². The van der Waals surface area contributed by atoms with E-state index in [2.05, 4.69) is 5.32 Å². The number of amides is 4. The fraction of sp³-hybridized carbons (Fsp3) is 0.200. The number of benzene rings is 1. The van der Waals surface area contributed by atoms with Crippen molar-refractivity contribution in [3.8, 4) is 5.69 Å². The molecule has 2 heterocycles. The highest BCUT2D eigenvalue weighted by molar-refractivity contribution is 6.30. The van der Waals surface area contributed by atoms with Gasteiger partial charge in [-0.25, -0.2) is 9.59 Å². The van der Waals surface area contributed by atoms with Gasteiger partial charge in [-0.15, -0.1) is 0 Å². The van der Waals surface area contributed by atoms with Crippen LogP contribution in [0, 0.1) is 13.8 Å². The molecule has 0 unspecified atom stereocenters. The van der Waals surface area contributed by atoms with E-state index in [4.69, 9.17) is 4.74 Å². The number of ether oxygens (including phenoxy) is 1. The van der Waals surface area contributed by atoms with E-state index in [1.165, 1.54) is 20.2 Å². The first-order valence-electron chi connectivity index (χ1n) is 8.47. The van der Waals surface area contributed by atoms with Gasteiger partial charge in [0.2, 0.25) is 0 Å². The number of aromatic nitrogens is 1. The Morgan fingerprint density at radius 3 is 2.36 bits per heavy atom. The standard InChI is InChI=1S/C20H19N3O5/c1-11-9-14(10-16-17(24)21-20(27)22(3)18(16)25)12(2)23(11)15-7-5-13(6-8-15)19(26)28-4/h5-10H,1-4H3,(H,21,24,27)/b16-10-. The van der Waals surface area contributed by atoms with Crippen LogP contribution in [0.1, 0.15) is 27.3 Å². The molecule has 1 fully saturated rings. The maximum atomic E-state index is 12.3. The van der Waals surface area contributed by atoms with Crippen LogP contribution in [0.15, 0.2) is 35.9 Å². The summed E-state index contributed by atoms with van der Waals surface area (Å²) in [7, 11) is 2.63. The van der Waals surface area contributed by atoms with Gasteiger partial charge in [-0.2, -0.15) is 0 Å². The summed E-state index contributed by atoms with van der Waals surface area (Å²) >= 11 is 0. The normalized spacial score (nSPS) is 15.8. The number of barbiturate groups is 1. The van der Waals surface area contributed by atoms with Crippen LogP contribution in [-0.4, -0.2) is 47.4 Å². The van der Waals surface area contributed by atoms with Crippen molar-refractivity contribution in [2.45, 2.75) is 13.8 Å². The van der Waals surface area contributed by atoms with Crippen molar-refractivity contribution in [1.29, 1.82) is 0 Å². The predicted octanol–water partition coefficient (Wildman–Crippen LogP) is 1.97. The quantitative estimate of drug-likeness (QED) is 0.498. The predicted molar refractivity (Wildman–Crippen MR) is 101 cm³/mol. The highest BCUT2D eigenvalue weighted by atomic mass is 16.5. The van der Waals surface area contributed by atoms with Crippen molar-refractivity contribution in [3.63, 3.8) is 0 Å². The van der Waals surface area contributed by atoms with E-state index < -0.39 is 23.8 Å². The van der Waals surface area contributed by atoms with E-state index in [9.17, 15) is 19.2 Å². The zero-order chi connectivity index (χ0) is 20.6. The lowest BCUT2D eigenvalue weighted by atomic mass is 10.1. The average molecular weight is 381 g/mol. The number of aryl methyl sites for hydroxylation is 1. The minimum absolute atomic E-state index is 0.108. The Morgan fingerprint density at radius 1 is 1.11 bits per heavy atom. The molecule has 0 bridgehead atoms. The number of rotatable bonds is 3. The summed E-state index contributed by atoms with van der Waals surface area (Å²) in [5.74, 6) is -1.79. The highest BCUT2D eigenvalue weighted by Crippen LogP contribution is 2.24. The van der Waals surface area contributed by atoms with E-state index in [0.29, 0.717) is 11.1 Å². The Morgan fingerprint density at radius 2 is 1.75 bits per heavy atom. The molecule has 144 valence electrons. The van der Waals surface area contributed by atoms with Gasteiger partial charge in [0.15, 0.2) is 0 Å². The van der Waals surface area contributed by atoms with Gasteiger partial charge in [0.25, 0.3) is 11.8 Å². The molecule has 1 N–H and O–H groups in total. The summed E-state index contributed by atoms with van der Waals surface area (Å²) in [6.45, 7) is 3.75. The van der Waals surface area contributed by atoms with Crippen LogP contribution < -0.4 is 5.32 Å². The molecule has 1 aromatic heterocycles. The van der Waals surface area contributed by atoms with E-state index >= 15 is 0 Å². The fourth-order valence-corrected chi connectivity index (χ4v) is 3.10. The molecule has 4 amide bonds. The zero-order valence-electron chi connectivity index (χ0n) is 15.9. The number of nitrogens with one attached hydrogen (secondary N) is 1. The lowest BCUT2D eigenvalue weighted by Crippen LogP contribution is -2.52. The van der Waals surface area contributed by atoms with Crippen molar-refractivity contribution in [3.05, 3.63) is 58.4 Å². The lowest BCUT2D eigenvalue weighted by molar-refractivity contribution is -0.129. The molecule has 0 radical (unpaired) electrons. The molecule has 2 aromatic rings. The summed E-state index contributed by atoms with van der Waals surface area (Å²) in [6, 6.07) is 7.99. The number of carbonyl (C=O) groups excluding carboxylic acids is 4. The van der Waals surface area contributed by atoms with E-state index in [1.54, 1.807) is 24.3 Å². The van der Waals surface area contributed by atoms with E-state index in [-0.39, 0.29) is 5.57 Å². The summed E-state index contributed by atoms with van der Waals surface area (Å²) in [4.78, 5) is 48.3. The van der Waals surface area contributed by atoms with Gasteiger partial charge in [0, 0.05) is 24.1 Å². The van der Waals surface area contributed by atoms with Crippen LogP contribution >= 0.6 is 0 Å². The van der Waals surface area contributed by atoms with Crippen LogP contribution in [0.3, 0.4) is 0 Å². The van der Waals surface area contributed by atoms with Gasteiger partial charge in [-0.1, -0.05) is 0 Å². The number of methoxy groups -OCH3 is 1. The minimum Gasteiger partial charge on any atom is -0.465 e. The molecule has 1 aliphatic rings. The smallest absolute Gasteiger partial charge is 0.337 e. The maximum absolute atomic E-state index is 12.3. The number of nitrogens with zero attached hydrogens (tertiary/aromatic N) is 2. The Kier molecular flexibility index (Phi) is 4.87. The minimum atomic E-state index is -0.747. The van der Waals surface area contributed by atoms with Crippen molar-refractivity contribution >= 4 is 29.9 Å². The van der Waals surface area contributed by atoms with E-state index in [0.717, 1.165) is 22.0 Å². The van der Waals surface area contributed by atoms with Crippen LogP contribution in [0.4, 0.5) is 4.79 Å². The molecule has 0 aliphatic carbocycles. The fourth-order valence-electron chi connectivity index (χ4n) is 3.10. The zero-order valence-corrected chi connectivity index (χ0v) is 15.9. The molecule has 28 heavy (non-hydrogen) atoms. The molecular weight excluding hydrogens is 362 g/mol. The maximum Gasteiger partial charge on any atom is 0.337 e. The summed E-state index contributed by atoms with van der Waals surface area (Å²) in [6.07, 6.45) is 1.47. The average Bonchev–Trinajstić information content (AvgIpc) is 2.96. The highest BCUT2D eigenvalue weighted by Gasteiger charge is 2.33. The third-order valence-corrected chi connectivity index (χ3v) is 4.62. The molecule has 0 saturated carbocycles. The first-order valence-corrected chi connectivity index (χ1v) is 8.47. The largest absolute Gasteiger partial charge is 0.465 e. The van der Waals surface area contributed by atoms with Crippen molar-refractivity contribution < 1.29 is 23.9 Å². The molecule has 1 aromatic carbocycles. The number of urea groups is 1. The number of esters is 1. The SMILES string of the molecule is COC(=O)c1ccc(-n2c(C)cc(/C=C3/C(=O)NC(=O)N(C)C3=O)c2C)cc1. The molecule has 0 spiro atoms. The third-order valence-electron chi connectivity index (χ3n) is 4.62. The van der Waals surface area contributed by atoms with Crippen molar-refractivity contribution in [2.75, 3.05) is 14.2 Å². The number of hydrogen-bond acceptors (Lipinski definition) is 5. The number of hydrogen-bond donors (Lipinski definition) is 1. The first kappa shape index (κ1) is 19.1. The number of carbonyl (C=O) groups is 4. The van der Waals surface area contributed by atoms with Crippen molar-refractivity contribution in [2.24, 2.45) is 0 Å². The second-order valence-electron chi connectivity index (χ2n) is 6.38. The Bertz CT molecular complexity index is 1030. The Hall–Kier alpha value is -3.68. The molecule has 0 atom stereocenters. The monoisotopic (exact) mass is 381 g/mol. The van der Waals surface area contributed by atoms with Crippen LogP contribution in [0.2, 0.25) is 0 Å². The van der Waals surface area contributed by atoms with Gasteiger partial charge in [0.05, 0.1) is 12.7 Å². The van der Waals surface area contributed by atoms with Gasteiger partial charge < -0.3 is 9.30 Å². The van der Waals surface area contributed by atoms with Crippen LogP contribution in [0.25, 0.3) is 11.8 Å². The molecule has 8 nitrogen and oxygen atoms in total. The lowest BCUT2D eigenvalue weighted by Gasteiger charge is -2.22. The Balaban J connectivity index is 2.01. The number of likely N-dealkylation sites (N-methyl/N-ethyl adjacent to an activating group) is 1.